The quantitative estimate of drug-likeness (QED) is 0.739. The number of nitrogens with zero attached hydrogens (tertiary/aromatic N) is 2. The smallest absolute Gasteiger partial charge is 0.255 e. The number of rotatable bonds is 2. The van der Waals surface area contributed by atoms with Crippen LogP contribution in [0.4, 0.5) is 5.69 Å². The van der Waals surface area contributed by atoms with Crippen molar-refractivity contribution in [2.45, 2.75) is 0 Å². The first-order valence-electron chi connectivity index (χ1n) is 6.11. The van der Waals surface area contributed by atoms with E-state index < -0.39 is 0 Å². The highest BCUT2D eigenvalue weighted by molar-refractivity contribution is 9.10. The van der Waals surface area contributed by atoms with Gasteiger partial charge in [0.25, 0.3) is 5.91 Å². The van der Waals surface area contributed by atoms with E-state index in [4.69, 9.17) is 11.6 Å². The summed E-state index contributed by atoms with van der Waals surface area (Å²) in [5.41, 5.74) is 2.55. The molecule has 0 unspecified atom stereocenters. The summed E-state index contributed by atoms with van der Waals surface area (Å²) in [4.78, 5) is 20.7. The maximum atomic E-state index is 12.3. The molecule has 1 aromatic heterocycles. The first-order valence-corrected chi connectivity index (χ1v) is 7.28. The van der Waals surface area contributed by atoms with Gasteiger partial charge in [0.05, 0.1) is 26.2 Å². The molecule has 0 radical (unpaired) electrons. The molecule has 104 valence electrons. The minimum Gasteiger partial charge on any atom is -0.321 e. The lowest BCUT2D eigenvalue weighted by Crippen LogP contribution is -2.12. The van der Waals surface area contributed by atoms with Gasteiger partial charge in [0.15, 0.2) is 0 Å². The maximum Gasteiger partial charge on any atom is 0.255 e. The van der Waals surface area contributed by atoms with Gasteiger partial charge in [-0.3, -0.25) is 14.8 Å². The van der Waals surface area contributed by atoms with E-state index in [1.54, 1.807) is 48.8 Å². The second kappa shape index (κ2) is 5.79. The predicted octanol–water partition coefficient (Wildman–Crippen LogP) is 4.30. The third-order valence-corrected chi connectivity index (χ3v) is 4.33. The Morgan fingerprint density at radius 2 is 1.86 bits per heavy atom. The molecule has 0 aliphatic heterocycles. The van der Waals surface area contributed by atoms with E-state index in [2.05, 4.69) is 31.2 Å². The topological polar surface area (TPSA) is 54.9 Å². The molecular weight excluding hydrogens is 354 g/mol. The Bertz CT molecular complexity index is 838. The minimum absolute atomic E-state index is 0.231. The molecule has 3 aromatic rings. The number of benzene rings is 2. The average Bonchev–Trinajstić information content (AvgIpc) is 2.51. The normalized spacial score (nSPS) is 10.6. The Kier molecular flexibility index (Phi) is 3.86. The monoisotopic (exact) mass is 361 g/mol. The fourth-order valence-electron chi connectivity index (χ4n) is 1.90. The van der Waals surface area contributed by atoms with Gasteiger partial charge in [-0.2, -0.15) is 0 Å². The zero-order chi connectivity index (χ0) is 14.8. The maximum absolute atomic E-state index is 12.3. The summed E-state index contributed by atoms with van der Waals surface area (Å²) in [5, 5.41) is 3.35. The van der Waals surface area contributed by atoms with E-state index in [0.29, 0.717) is 26.3 Å². The van der Waals surface area contributed by atoms with Crippen LogP contribution < -0.4 is 5.32 Å². The summed E-state index contributed by atoms with van der Waals surface area (Å²) in [6, 6.07) is 10.5. The molecule has 0 spiro atoms. The van der Waals surface area contributed by atoms with Gasteiger partial charge >= 0.3 is 0 Å². The highest BCUT2D eigenvalue weighted by atomic mass is 79.9. The summed E-state index contributed by atoms with van der Waals surface area (Å²) in [5.74, 6) is -0.231. The van der Waals surface area contributed by atoms with Crippen LogP contribution in [-0.2, 0) is 0 Å². The van der Waals surface area contributed by atoms with E-state index >= 15 is 0 Å². The van der Waals surface area contributed by atoms with Crippen LogP contribution in [0.15, 0.2) is 53.3 Å². The summed E-state index contributed by atoms with van der Waals surface area (Å²) < 4.78 is 0.653. The highest BCUT2D eigenvalue weighted by Crippen LogP contribution is 2.30. The van der Waals surface area contributed by atoms with Gasteiger partial charge in [-0.05, 0) is 46.3 Å². The standard InChI is InChI=1S/C15H9BrClN3O/c16-14-10(17)2-1-3-12(14)20-15(21)9-4-5-11-13(8-9)19-7-6-18-11/h1-8H,(H,20,21). The zero-order valence-corrected chi connectivity index (χ0v) is 13.0. The van der Waals surface area contributed by atoms with Crippen molar-refractivity contribution in [1.29, 1.82) is 0 Å². The number of fused-ring (bicyclic) bond motifs is 1. The van der Waals surface area contributed by atoms with Gasteiger partial charge in [-0.15, -0.1) is 0 Å². The number of hydrogen-bond donors (Lipinski definition) is 1. The largest absolute Gasteiger partial charge is 0.321 e. The van der Waals surface area contributed by atoms with Crippen molar-refractivity contribution < 1.29 is 4.79 Å². The van der Waals surface area contributed by atoms with Crippen LogP contribution in [0.3, 0.4) is 0 Å². The van der Waals surface area contributed by atoms with E-state index in [0.717, 1.165) is 5.52 Å². The number of carbonyl (C=O) groups excluding carboxylic acids is 1. The molecule has 6 heteroatoms. The van der Waals surface area contributed by atoms with Crippen LogP contribution in [0.2, 0.25) is 5.02 Å². The molecule has 1 heterocycles. The highest BCUT2D eigenvalue weighted by Gasteiger charge is 2.11. The Morgan fingerprint density at radius 1 is 1.10 bits per heavy atom. The number of anilines is 1. The molecule has 4 nitrogen and oxygen atoms in total. The van der Waals surface area contributed by atoms with Crippen molar-refractivity contribution in [2.75, 3.05) is 5.32 Å². The van der Waals surface area contributed by atoms with Crippen LogP contribution in [0.25, 0.3) is 11.0 Å². The number of amides is 1. The molecule has 3 rings (SSSR count). The Hall–Kier alpha value is -1.98. The molecule has 0 aliphatic rings. The molecule has 21 heavy (non-hydrogen) atoms. The SMILES string of the molecule is O=C(Nc1cccc(Cl)c1Br)c1ccc2nccnc2c1. The van der Waals surface area contributed by atoms with Gasteiger partial charge in [-0.1, -0.05) is 17.7 Å². The molecule has 0 saturated carbocycles. The number of aromatic nitrogens is 2. The van der Waals surface area contributed by atoms with Gasteiger partial charge in [0.1, 0.15) is 0 Å². The Morgan fingerprint density at radius 3 is 2.67 bits per heavy atom. The van der Waals surface area contributed by atoms with Crippen LogP contribution in [0, 0.1) is 0 Å². The fraction of sp³-hybridized carbons (Fsp3) is 0. The third-order valence-electron chi connectivity index (χ3n) is 2.93. The molecule has 0 saturated heterocycles. The second-order valence-corrected chi connectivity index (χ2v) is 5.52. The predicted molar refractivity (Wildman–Crippen MR) is 86.6 cm³/mol. The second-order valence-electron chi connectivity index (χ2n) is 4.32. The van der Waals surface area contributed by atoms with Crippen LogP contribution >= 0.6 is 27.5 Å². The summed E-state index contributed by atoms with van der Waals surface area (Å²) in [6.07, 6.45) is 3.21. The third kappa shape index (κ3) is 2.89. The fourth-order valence-corrected chi connectivity index (χ4v) is 2.44. The van der Waals surface area contributed by atoms with Crippen molar-refractivity contribution >= 4 is 50.2 Å². The molecule has 0 fully saturated rings. The van der Waals surface area contributed by atoms with Crippen molar-refractivity contribution in [3.05, 3.63) is 63.9 Å². The van der Waals surface area contributed by atoms with Crippen molar-refractivity contribution in [3.63, 3.8) is 0 Å². The lowest BCUT2D eigenvalue weighted by molar-refractivity contribution is 0.102. The Labute approximate surface area is 134 Å². The molecule has 1 N–H and O–H groups in total. The molecule has 2 aromatic carbocycles. The summed E-state index contributed by atoms with van der Waals surface area (Å²) >= 11 is 9.36. The first kappa shape index (κ1) is 14.0. The van der Waals surface area contributed by atoms with Crippen molar-refractivity contribution in [2.24, 2.45) is 0 Å². The number of hydrogen-bond acceptors (Lipinski definition) is 3. The Balaban J connectivity index is 1.91. The van der Waals surface area contributed by atoms with Crippen LogP contribution in [0.5, 0.6) is 0 Å². The van der Waals surface area contributed by atoms with Crippen molar-refractivity contribution in [1.82, 2.24) is 9.97 Å². The van der Waals surface area contributed by atoms with Gasteiger partial charge < -0.3 is 5.32 Å². The number of carbonyl (C=O) groups is 1. The molecular formula is C15H9BrClN3O. The zero-order valence-electron chi connectivity index (χ0n) is 10.7. The van der Waals surface area contributed by atoms with Crippen LogP contribution in [-0.4, -0.2) is 15.9 Å². The van der Waals surface area contributed by atoms with E-state index in [9.17, 15) is 4.79 Å². The molecule has 0 atom stereocenters. The lowest BCUT2D eigenvalue weighted by atomic mass is 10.1. The average molecular weight is 363 g/mol. The van der Waals surface area contributed by atoms with E-state index in [-0.39, 0.29) is 5.91 Å². The van der Waals surface area contributed by atoms with Gasteiger partial charge in [-0.25, -0.2) is 0 Å². The van der Waals surface area contributed by atoms with Gasteiger partial charge in [0.2, 0.25) is 0 Å². The van der Waals surface area contributed by atoms with E-state index in [1.165, 1.54) is 0 Å². The number of halogens is 2. The molecule has 0 bridgehead atoms. The van der Waals surface area contributed by atoms with E-state index in [1.807, 2.05) is 0 Å². The van der Waals surface area contributed by atoms with Crippen LogP contribution in [0.1, 0.15) is 10.4 Å². The van der Waals surface area contributed by atoms with Gasteiger partial charge in [0, 0.05) is 18.0 Å². The summed E-state index contributed by atoms with van der Waals surface area (Å²) in [6.45, 7) is 0. The molecule has 1 amide bonds. The summed E-state index contributed by atoms with van der Waals surface area (Å²) in [7, 11) is 0. The lowest BCUT2D eigenvalue weighted by Gasteiger charge is -2.08. The first-order chi connectivity index (χ1) is 10.1. The number of nitrogens with one attached hydrogen (secondary N) is 1. The molecule has 0 aliphatic carbocycles. The minimum atomic E-state index is -0.231. The van der Waals surface area contributed by atoms with Crippen molar-refractivity contribution in [3.8, 4) is 0 Å².